The van der Waals surface area contributed by atoms with Crippen LogP contribution in [0.5, 0.6) is 0 Å². The van der Waals surface area contributed by atoms with Gasteiger partial charge in [-0.25, -0.2) is 14.2 Å². The van der Waals surface area contributed by atoms with Crippen LogP contribution in [0.4, 0.5) is 10.2 Å². The molecule has 0 amide bonds. The summed E-state index contributed by atoms with van der Waals surface area (Å²) in [6.45, 7) is 9.66. The van der Waals surface area contributed by atoms with Crippen LogP contribution in [0.25, 0.3) is 11.0 Å². The molecule has 1 atom stereocenters. The van der Waals surface area contributed by atoms with Crippen molar-refractivity contribution in [2.24, 2.45) is 5.41 Å². The van der Waals surface area contributed by atoms with Gasteiger partial charge in [-0.1, -0.05) is 44.5 Å². The fraction of sp³-hybridized carbons (Fsp3) is 0.464. The van der Waals surface area contributed by atoms with Crippen molar-refractivity contribution in [3.8, 4) is 0 Å². The monoisotopic (exact) mass is 560 g/mol. The molecule has 2 aromatic heterocycles. The topological polar surface area (TPSA) is 117 Å². The lowest BCUT2D eigenvalue weighted by molar-refractivity contribution is 0.0398. The SMILES string of the molecule is CC(C)(C)[C@@H](CO)n1cc(C(=O)O)c(=O)c2cc(Cc3cccc(Cl)c3F)c(NCCN3CCOCC3)nc21. The number of aliphatic hydroxyl groups excluding tert-OH is 1. The number of benzene rings is 1. The van der Waals surface area contributed by atoms with Crippen LogP contribution in [0.15, 0.2) is 35.3 Å². The van der Waals surface area contributed by atoms with E-state index in [0.717, 1.165) is 19.6 Å². The highest BCUT2D eigenvalue weighted by Gasteiger charge is 2.29. The third kappa shape index (κ3) is 6.41. The van der Waals surface area contributed by atoms with Gasteiger partial charge in [-0.3, -0.25) is 9.69 Å². The van der Waals surface area contributed by atoms with Crippen molar-refractivity contribution >= 4 is 34.4 Å². The van der Waals surface area contributed by atoms with E-state index in [1.54, 1.807) is 22.8 Å². The molecule has 0 bridgehead atoms. The zero-order valence-corrected chi connectivity index (χ0v) is 23.1. The molecule has 0 unspecified atom stereocenters. The van der Waals surface area contributed by atoms with E-state index in [4.69, 9.17) is 21.3 Å². The maximum absolute atomic E-state index is 14.9. The third-order valence-electron chi connectivity index (χ3n) is 7.06. The summed E-state index contributed by atoms with van der Waals surface area (Å²) >= 11 is 6.02. The molecule has 3 N–H and O–H groups in total. The van der Waals surface area contributed by atoms with Gasteiger partial charge in [-0.05, 0) is 28.7 Å². The molecule has 9 nitrogen and oxygen atoms in total. The number of aliphatic hydroxyl groups is 1. The van der Waals surface area contributed by atoms with Crippen molar-refractivity contribution in [3.05, 3.63) is 68.2 Å². The molecule has 3 heterocycles. The zero-order chi connectivity index (χ0) is 28.3. The van der Waals surface area contributed by atoms with Crippen molar-refractivity contribution in [2.45, 2.75) is 33.2 Å². The summed E-state index contributed by atoms with van der Waals surface area (Å²) < 4.78 is 21.8. The van der Waals surface area contributed by atoms with Gasteiger partial charge in [0.25, 0.3) is 0 Å². The van der Waals surface area contributed by atoms with Crippen LogP contribution in [-0.4, -0.2) is 76.6 Å². The first kappa shape index (κ1) is 28.9. The summed E-state index contributed by atoms with van der Waals surface area (Å²) in [6, 6.07) is 5.72. The Morgan fingerprint density at radius 3 is 2.62 bits per heavy atom. The average molecular weight is 561 g/mol. The number of aromatic carboxylic acids is 1. The Hall–Kier alpha value is -3.05. The zero-order valence-electron chi connectivity index (χ0n) is 22.3. The molecule has 1 aliphatic heterocycles. The summed E-state index contributed by atoms with van der Waals surface area (Å²) in [6.07, 6.45) is 1.33. The minimum Gasteiger partial charge on any atom is -0.477 e. The number of pyridine rings is 2. The van der Waals surface area contributed by atoms with Gasteiger partial charge in [0.05, 0.1) is 36.3 Å². The Balaban J connectivity index is 1.87. The molecule has 3 aromatic rings. The minimum absolute atomic E-state index is 0.0189. The molecule has 210 valence electrons. The number of nitrogens with one attached hydrogen (secondary N) is 1. The van der Waals surface area contributed by atoms with E-state index in [9.17, 15) is 24.2 Å². The smallest absolute Gasteiger partial charge is 0.341 e. The van der Waals surface area contributed by atoms with Gasteiger partial charge in [0.1, 0.15) is 22.8 Å². The number of carboxylic acid groups (broad SMARTS) is 1. The van der Waals surface area contributed by atoms with E-state index in [1.807, 2.05) is 20.8 Å². The molecule has 0 radical (unpaired) electrons. The lowest BCUT2D eigenvalue weighted by Gasteiger charge is -2.32. The first-order valence-electron chi connectivity index (χ1n) is 12.9. The van der Waals surface area contributed by atoms with Crippen LogP contribution >= 0.6 is 11.6 Å². The molecule has 11 heteroatoms. The second kappa shape index (κ2) is 12.0. The second-order valence-corrected chi connectivity index (χ2v) is 11.2. The molecular weight excluding hydrogens is 527 g/mol. The maximum atomic E-state index is 14.9. The van der Waals surface area contributed by atoms with Gasteiger partial charge in [0, 0.05) is 38.8 Å². The molecule has 0 aliphatic carbocycles. The summed E-state index contributed by atoms with van der Waals surface area (Å²) in [5.74, 6) is -1.50. The van der Waals surface area contributed by atoms with Gasteiger partial charge in [0.15, 0.2) is 0 Å². The van der Waals surface area contributed by atoms with Crippen molar-refractivity contribution in [1.29, 1.82) is 0 Å². The third-order valence-corrected chi connectivity index (χ3v) is 7.35. The average Bonchev–Trinajstić information content (AvgIpc) is 2.88. The van der Waals surface area contributed by atoms with Gasteiger partial charge >= 0.3 is 5.97 Å². The second-order valence-electron chi connectivity index (χ2n) is 10.8. The Bertz CT molecular complexity index is 1420. The first-order valence-corrected chi connectivity index (χ1v) is 13.3. The Kier molecular flexibility index (Phi) is 8.90. The van der Waals surface area contributed by atoms with E-state index in [2.05, 4.69) is 10.2 Å². The summed E-state index contributed by atoms with van der Waals surface area (Å²) in [4.78, 5) is 32.4. The molecule has 1 aromatic carbocycles. The summed E-state index contributed by atoms with van der Waals surface area (Å²) in [5.41, 5.74) is -0.533. The Labute approximate surface area is 231 Å². The van der Waals surface area contributed by atoms with Crippen molar-refractivity contribution < 1.29 is 24.1 Å². The largest absolute Gasteiger partial charge is 0.477 e. The summed E-state index contributed by atoms with van der Waals surface area (Å²) in [7, 11) is 0. The number of nitrogens with zero attached hydrogens (tertiary/aromatic N) is 3. The number of morpholine rings is 1. The maximum Gasteiger partial charge on any atom is 0.341 e. The van der Waals surface area contributed by atoms with Crippen LogP contribution in [-0.2, 0) is 11.2 Å². The summed E-state index contributed by atoms with van der Waals surface area (Å²) in [5, 5.41) is 23.5. The van der Waals surface area contributed by atoms with Crippen LogP contribution in [0.3, 0.4) is 0 Å². The van der Waals surface area contributed by atoms with Crippen LogP contribution in [0, 0.1) is 11.2 Å². The lowest BCUT2D eigenvalue weighted by Crippen LogP contribution is -2.39. The highest BCUT2D eigenvalue weighted by atomic mass is 35.5. The van der Waals surface area contributed by atoms with Crippen LogP contribution in [0.1, 0.15) is 48.3 Å². The molecular formula is C28H34ClFN4O5. The Morgan fingerprint density at radius 1 is 1.26 bits per heavy atom. The highest BCUT2D eigenvalue weighted by Crippen LogP contribution is 2.33. The van der Waals surface area contributed by atoms with Crippen LogP contribution in [0.2, 0.25) is 5.02 Å². The van der Waals surface area contributed by atoms with E-state index in [0.29, 0.717) is 36.7 Å². The van der Waals surface area contributed by atoms with Gasteiger partial charge in [-0.2, -0.15) is 0 Å². The number of anilines is 1. The number of aromatic nitrogens is 2. The number of fused-ring (bicyclic) bond motifs is 1. The molecule has 0 spiro atoms. The molecule has 4 rings (SSSR count). The van der Waals surface area contributed by atoms with Gasteiger partial charge < -0.3 is 24.8 Å². The van der Waals surface area contributed by atoms with E-state index < -0.39 is 34.2 Å². The predicted octanol–water partition coefficient (Wildman–Crippen LogP) is 3.80. The molecule has 39 heavy (non-hydrogen) atoms. The highest BCUT2D eigenvalue weighted by molar-refractivity contribution is 6.30. The number of hydrogen-bond acceptors (Lipinski definition) is 7. The predicted molar refractivity (Wildman–Crippen MR) is 149 cm³/mol. The first-order chi connectivity index (χ1) is 18.5. The lowest BCUT2D eigenvalue weighted by atomic mass is 9.86. The number of ether oxygens (including phenoxy) is 1. The van der Waals surface area contributed by atoms with Crippen LogP contribution < -0.4 is 10.7 Å². The normalized spacial score (nSPS) is 15.4. The van der Waals surface area contributed by atoms with Crippen molar-refractivity contribution in [3.63, 3.8) is 0 Å². The van der Waals surface area contributed by atoms with Gasteiger partial charge in [0.2, 0.25) is 5.43 Å². The number of carbonyl (C=O) groups is 1. The van der Waals surface area contributed by atoms with Crippen molar-refractivity contribution in [2.75, 3.05) is 51.3 Å². The standard InChI is InChI=1S/C28H34ClFN4O5/c1-28(2,3)22(16-35)34-15-20(27(37)38)24(36)19-14-18(13-17-5-4-6-21(29)23(17)30)25(32-26(19)34)31-7-8-33-9-11-39-12-10-33/h4-6,14-15,22,35H,7-13,16H2,1-3H3,(H,31,32)(H,37,38)/t22-/m1/s1. The number of halogens is 2. The Morgan fingerprint density at radius 2 is 1.97 bits per heavy atom. The van der Waals surface area contributed by atoms with Crippen molar-refractivity contribution in [1.82, 2.24) is 14.5 Å². The number of rotatable bonds is 9. The van der Waals surface area contributed by atoms with E-state index in [-0.39, 0.29) is 29.1 Å². The molecule has 1 fully saturated rings. The van der Waals surface area contributed by atoms with E-state index >= 15 is 0 Å². The molecule has 1 saturated heterocycles. The molecule has 0 saturated carbocycles. The van der Waals surface area contributed by atoms with Gasteiger partial charge in [-0.15, -0.1) is 0 Å². The number of carboxylic acids is 1. The quantitative estimate of drug-likeness (QED) is 0.362. The fourth-order valence-electron chi connectivity index (χ4n) is 4.82. The van der Waals surface area contributed by atoms with E-state index in [1.165, 1.54) is 12.3 Å². The molecule has 1 aliphatic rings. The number of hydrogen-bond donors (Lipinski definition) is 3. The minimum atomic E-state index is -1.38. The fourth-order valence-corrected chi connectivity index (χ4v) is 5.01.